The van der Waals surface area contributed by atoms with E-state index in [0.29, 0.717) is 17.8 Å². The maximum absolute atomic E-state index is 12.2. The lowest BCUT2D eigenvalue weighted by atomic mass is 10.1. The normalized spacial score (nSPS) is 16.6. The smallest absolute Gasteiger partial charge is 0.319 e. The Morgan fingerprint density at radius 2 is 1.84 bits per heavy atom. The van der Waals surface area contributed by atoms with Crippen molar-refractivity contribution in [3.8, 4) is 0 Å². The molecule has 1 aliphatic rings. The van der Waals surface area contributed by atoms with Crippen LogP contribution in [0.15, 0.2) is 54.6 Å². The Hall–Kier alpha value is -3.15. The molecule has 3 amide bonds. The molecule has 0 saturated carbocycles. The second-order valence-corrected chi connectivity index (χ2v) is 5.98. The molecule has 1 atom stereocenters. The summed E-state index contributed by atoms with van der Waals surface area (Å²) in [5.74, 6) is -0.0842. The SMILES string of the molecule is CC(=O)c1cccc(NC(=O)N[C@@H]2CC(=O)N(c3ccccc3)C2)c1. The van der Waals surface area contributed by atoms with Gasteiger partial charge in [0.1, 0.15) is 0 Å². The minimum Gasteiger partial charge on any atom is -0.333 e. The molecule has 0 spiro atoms. The minimum atomic E-state index is -0.395. The first kappa shape index (κ1) is 16.7. The first-order chi connectivity index (χ1) is 12.0. The Kier molecular flexibility index (Phi) is 4.79. The molecule has 25 heavy (non-hydrogen) atoms. The highest BCUT2D eigenvalue weighted by Crippen LogP contribution is 2.21. The third-order valence-electron chi connectivity index (χ3n) is 4.06. The van der Waals surface area contributed by atoms with E-state index < -0.39 is 6.03 Å². The summed E-state index contributed by atoms with van der Waals surface area (Å²) in [6.07, 6.45) is 0.260. The Morgan fingerprint density at radius 1 is 1.08 bits per heavy atom. The van der Waals surface area contributed by atoms with E-state index in [4.69, 9.17) is 0 Å². The molecule has 0 aliphatic carbocycles. The number of benzene rings is 2. The molecule has 0 bridgehead atoms. The van der Waals surface area contributed by atoms with Gasteiger partial charge in [-0.15, -0.1) is 0 Å². The monoisotopic (exact) mass is 337 g/mol. The van der Waals surface area contributed by atoms with Gasteiger partial charge in [0, 0.05) is 29.9 Å². The van der Waals surface area contributed by atoms with E-state index in [1.165, 1.54) is 6.92 Å². The van der Waals surface area contributed by atoms with Gasteiger partial charge in [0.25, 0.3) is 0 Å². The molecule has 1 fully saturated rings. The lowest BCUT2D eigenvalue weighted by Crippen LogP contribution is -2.39. The zero-order valence-electron chi connectivity index (χ0n) is 13.9. The number of Topliss-reactive ketones (excluding diaryl/α,β-unsaturated/α-hetero) is 1. The summed E-state index contributed by atoms with van der Waals surface area (Å²) in [6.45, 7) is 1.91. The summed E-state index contributed by atoms with van der Waals surface area (Å²) >= 11 is 0. The Bertz CT molecular complexity index is 805. The van der Waals surface area contributed by atoms with Crippen LogP contribution >= 0.6 is 0 Å². The Morgan fingerprint density at radius 3 is 2.56 bits per heavy atom. The molecule has 128 valence electrons. The van der Waals surface area contributed by atoms with Crippen LogP contribution in [0.1, 0.15) is 23.7 Å². The third-order valence-corrected chi connectivity index (χ3v) is 4.06. The van der Waals surface area contributed by atoms with Crippen molar-refractivity contribution in [3.63, 3.8) is 0 Å². The number of ketones is 1. The molecule has 3 rings (SSSR count). The fourth-order valence-corrected chi connectivity index (χ4v) is 2.83. The highest BCUT2D eigenvalue weighted by atomic mass is 16.2. The number of carbonyl (C=O) groups excluding carboxylic acids is 3. The van der Waals surface area contributed by atoms with Crippen molar-refractivity contribution in [1.82, 2.24) is 5.32 Å². The van der Waals surface area contributed by atoms with Crippen molar-refractivity contribution < 1.29 is 14.4 Å². The van der Waals surface area contributed by atoms with Crippen LogP contribution in [0.2, 0.25) is 0 Å². The fourth-order valence-electron chi connectivity index (χ4n) is 2.83. The van der Waals surface area contributed by atoms with Crippen molar-refractivity contribution in [2.75, 3.05) is 16.8 Å². The average Bonchev–Trinajstić information content (AvgIpc) is 2.96. The lowest BCUT2D eigenvalue weighted by Gasteiger charge is -2.17. The number of urea groups is 1. The van der Waals surface area contributed by atoms with Crippen LogP contribution in [0.4, 0.5) is 16.2 Å². The van der Waals surface area contributed by atoms with Gasteiger partial charge in [0.15, 0.2) is 5.78 Å². The van der Waals surface area contributed by atoms with Crippen LogP contribution in [-0.4, -0.2) is 30.3 Å². The fraction of sp³-hybridized carbons (Fsp3) is 0.211. The van der Waals surface area contributed by atoms with Gasteiger partial charge in [-0.25, -0.2) is 4.79 Å². The zero-order valence-corrected chi connectivity index (χ0v) is 13.9. The number of nitrogens with one attached hydrogen (secondary N) is 2. The number of hydrogen-bond donors (Lipinski definition) is 2. The van der Waals surface area contributed by atoms with Gasteiger partial charge in [-0.1, -0.05) is 30.3 Å². The van der Waals surface area contributed by atoms with Crippen LogP contribution in [0.25, 0.3) is 0 Å². The molecule has 6 heteroatoms. The van der Waals surface area contributed by atoms with Gasteiger partial charge in [-0.3, -0.25) is 9.59 Å². The number of amides is 3. The summed E-state index contributed by atoms with van der Waals surface area (Å²) in [6, 6.07) is 15.5. The molecule has 0 aromatic heterocycles. The van der Waals surface area contributed by atoms with Crippen molar-refractivity contribution in [2.45, 2.75) is 19.4 Å². The highest BCUT2D eigenvalue weighted by Gasteiger charge is 2.31. The maximum Gasteiger partial charge on any atom is 0.319 e. The second-order valence-electron chi connectivity index (χ2n) is 5.98. The van der Waals surface area contributed by atoms with Crippen molar-refractivity contribution in [1.29, 1.82) is 0 Å². The quantitative estimate of drug-likeness (QED) is 0.842. The first-order valence-corrected chi connectivity index (χ1v) is 8.07. The maximum atomic E-state index is 12.2. The minimum absolute atomic E-state index is 0.0184. The van der Waals surface area contributed by atoms with Crippen molar-refractivity contribution in [2.24, 2.45) is 0 Å². The topological polar surface area (TPSA) is 78.5 Å². The molecule has 1 heterocycles. The van der Waals surface area contributed by atoms with Gasteiger partial charge < -0.3 is 15.5 Å². The van der Waals surface area contributed by atoms with Gasteiger partial charge in [-0.05, 0) is 31.2 Å². The van der Waals surface area contributed by atoms with Gasteiger partial charge in [0.2, 0.25) is 5.91 Å². The van der Waals surface area contributed by atoms with E-state index in [1.807, 2.05) is 30.3 Å². The number of para-hydroxylation sites is 1. The van der Waals surface area contributed by atoms with Crippen molar-refractivity contribution >= 4 is 29.1 Å². The molecule has 0 unspecified atom stereocenters. The van der Waals surface area contributed by atoms with E-state index in [1.54, 1.807) is 29.2 Å². The number of anilines is 2. The standard InChI is InChI=1S/C19H19N3O3/c1-13(23)14-6-5-7-15(10-14)20-19(25)21-16-11-18(24)22(12-16)17-8-3-2-4-9-17/h2-10,16H,11-12H2,1H3,(H2,20,21,25)/t16-/m1/s1. The predicted molar refractivity (Wildman–Crippen MR) is 95.8 cm³/mol. The summed E-state index contributed by atoms with van der Waals surface area (Å²) in [5, 5.41) is 5.51. The predicted octanol–water partition coefficient (Wildman–Crippen LogP) is 2.82. The summed E-state index contributed by atoms with van der Waals surface area (Å²) in [4.78, 5) is 37.4. The summed E-state index contributed by atoms with van der Waals surface area (Å²) in [7, 11) is 0. The molecule has 2 aromatic carbocycles. The van der Waals surface area contributed by atoms with Gasteiger partial charge in [0.05, 0.1) is 6.04 Å². The molecular weight excluding hydrogens is 318 g/mol. The second kappa shape index (κ2) is 7.17. The first-order valence-electron chi connectivity index (χ1n) is 8.07. The molecule has 0 radical (unpaired) electrons. The summed E-state index contributed by atoms with van der Waals surface area (Å²) in [5.41, 5.74) is 1.89. The number of nitrogens with zero attached hydrogens (tertiary/aromatic N) is 1. The van der Waals surface area contributed by atoms with E-state index in [0.717, 1.165) is 5.69 Å². The molecule has 1 saturated heterocycles. The number of rotatable bonds is 4. The molecule has 6 nitrogen and oxygen atoms in total. The van der Waals surface area contributed by atoms with Crippen molar-refractivity contribution in [3.05, 3.63) is 60.2 Å². The molecular formula is C19H19N3O3. The van der Waals surface area contributed by atoms with Crippen LogP contribution in [0.5, 0.6) is 0 Å². The Labute approximate surface area is 145 Å². The number of hydrogen-bond acceptors (Lipinski definition) is 3. The zero-order chi connectivity index (χ0) is 17.8. The number of carbonyl (C=O) groups is 3. The van der Waals surface area contributed by atoms with Crippen LogP contribution in [0.3, 0.4) is 0 Å². The van der Waals surface area contributed by atoms with E-state index >= 15 is 0 Å². The van der Waals surface area contributed by atoms with E-state index in [-0.39, 0.29) is 24.2 Å². The Balaban J connectivity index is 1.60. The van der Waals surface area contributed by atoms with Crippen LogP contribution in [-0.2, 0) is 4.79 Å². The largest absolute Gasteiger partial charge is 0.333 e. The van der Waals surface area contributed by atoms with Crippen LogP contribution in [0, 0.1) is 0 Å². The highest BCUT2D eigenvalue weighted by molar-refractivity contribution is 5.98. The van der Waals surface area contributed by atoms with Crippen LogP contribution < -0.4 is 15.5 Å². The lowest BCUT2D eigenvalue weighted by molar-refractivity contribution is -0.117. The molecule has 1 aliphatic heterocycles. The van der Waals surface area contributed by atoms with Gasteiger partial charge in [-0.2, -0.15) is 0 Å². The molecule has 2 aromatic rings. The third kappa shape index (κ3) is 4.03. The average molecular weight is 337 g/mol. The van der Waals surface area contributed by atoms with E-state index in [9.17, 15) is 14.4 Å². The van der Waals surface area contributed by atoms with E-state index in [2.05, 4.69) is 10.6 Å². The van der Waals surface area contributed by atoms with Gasteiger partial charge >= 0.3 is 6.03 Å². The summed E-state index contributed by atoms with van der Waals surface area (Å²) < 4.78 is 0. The molecule has 2 N–H and O–H groups in total.